The zero-order valence-electron chi connectivity index (χ0n) is 14.0. The zero-order chi connectivity index (χ0) is 17.9. The maximum Gasteiger partial charge on any atom is 0.259 e. The third-order valence-electron chi connectivity index (χ3n) is 4.42. The number of nitrogens with one attached hydrogen (secondary N) is 1. The summed E-state index contributed by atoms with van der Waals surface area (Å²) in [6.45, 7) is 0.686. The van der Waals surface area contributed by atoms with Crippen molar-refractivity contribution in [2.24, 2.45) is 0 Å². The number of pyridine rings is 1. The molecule has 1 aliphatic heterocycles. The maximum atomic E-state index is 12.9. The first-order valence-corrected chi connectivity index (χ1v) is 8.36. The minimum atomic E-state index is -0.0501. The fraction of sp³-hybridized carbons (Fsp3) is 0.0952. The molecule has 5 heteroatoms. The summed E-state index contributed by atoms with van der Waals surface area (Å²) < 4.78 is 0. The van der Waals surface area contributed by atoms with Gasteiger partial charge in [0.25, 0.3) is 5.91 Å². The van der Waals surface area contributed by atoms with Crippen molar-refractivity contribution in [2.75, 3.05) is 16.8 Å². The summed E-state index contributed by atoms with van der Waals surface area (Å²) in [5.74, 6) is -0.0501. The summed E-state index contributed by atoms with van der Waals surface area (Å²) in [6.07, 6.45) is 4.14. The molecule has 0 saturated heterocycles. The largest absolute Gasteiger partial charge is 0.354 e. The number of anilines is 3. The molecule has 0 radical (unpaired) electrons. The molecule has 0 unspecified atom stereocenters. The van der Waals surface area contributed by atoms with Gasteiger partial charge in [0, 0.05) is 24.1 Å². The molecule has 2 heterocycles. The number of fused-ring (bicyclic) bond motifs is 1. The maximum absolute atomic E-state index is 12.9. The van der Waals surface area contributed by atoms with Gasteiger partial charge in [-0.1, -0.05) is 18.2 Å². The number of aromatic nitrogens is 1. The van der Waals surface area contributed by atoms with Crippen LogP contribution < -0.4 is 10.2 Å². The number of para-hydroxylation sites is 1. The number of hydrogen-bond acceptors (Lipinski definition) is 4. The van der Waals surface area contributed by atoms with Crippen molar-refractivity contribution in [3.8, 4) is 6.07 Å². The lowest BCUT2D eigenvalue weighted by Crippen LogP contribution is -2.29. The van der Waals surface area contributed by atoms with Crippen LogP contribution in [0, 0.1) is 11.3 Å². The molecule has 3 aromatic rings. The van der Waals surface area contributed by atoms with Gasteiger partial charge in [0.15, 0.2) is 0 Å². The standard InChI is InChI=1S/C21H16N4O/c22-12-15-5-7-18(8-6-15)24-19-11-17(13-23-14-19)21(26)25-10-9-16-3-1-2-4-20(16)25/h1-8,11,13-14,24H,9-10H2. The smallest absolute Gasteiger partial charge is 0.259 e. The van der Waals surface area contributed by atoms with E-state index in [0.29, 0.717) is 17.7 Å². The summed E-state index contributed by atoms with van der Waals surface area (Å²) in [4.78, 5) is 18.9. The molecule has 0 spiro atoms. The summed E-state index contributed by atoms with van der Waals surface area (Å²) in [5, 5.41) is 12.1. The van der Waals surface area contributed by atoms with Crippen LogP contribution >= 0.6 is 0 Å². The molecule has 2 aromatic carbocycles. The van der Waals surface area contributed by atoms with Crippen LogP contribution in [0.15, 0.2) is 67.0 Å². The molecule has 0 fully saturated rings. The lowest BCUT2D eigenvalue weighted by atomic mass is 10.1. The Hall–Kier alpha value is -3.65. The van der Waals surface area contributed by atoms with E-state index in [1.54, 1.807) is 35.5 Å². The van der Waals surface area contributed by atoms with E-state index in [-0.39, 0.29) is 5.91 Å². The summed E-state index contributed by atoms with van der Waals surface area (Å²) >= 11 is 0. The number of rotatable bonds is 3. The topological polar surface area (TPSA) is 69.0 Å². The van der Waals surface area contributed by atoms with Gasteiger partial charge >= 0.3 is 0 Å². The van der Waals surface area contributed by atoms with Crippen LogP contribution in [0.2, 0.25) is 0 Å². The van der Waals surface area contributed by atoms with Crippen LogP contribution in [-0.4, -0.2) is 17.4 Å². The Morgan fingerprint density at radius 2 is 1.88 bits per heavy atom. The first-order chi connectivity index (χ1) is 12.7. The minimum Gasteiger partial charge on any atom is -0.354 e. The SMILES string of the molecule is N#Cc1ccc(Nc2cncc(C(=O)N3CCc4ccccc43)c2)cc1. The highest BCUT2D eigenvalue weighted by Gasteiger charge is 2.25. The van der Waals surface area contributed by atoms with E-state index < -0.39 is 0 Å². The van der Waals surface area contributed by atoms with Gasteiger partial charge in [0.1, 0.15) is 0 Å². The zero-order valence-corrected chi connectivity index (χ0v) is 14.0. The second-order valence-corrected chi connectivity index (χ2v) is 6.11. The second kappa shape index (κ2) is 6.69. The molecule has 0 saturated carbocycles. The average molecular weight is 340 g/mol. The van der Waals surface area contributed by atoms with Gasteiger partial charge in [-0.25, -0.2) is 0 Å². The molecule has 1 aromatic heterocycles. The number of nitriles is 1. The van der Waals surface area contributed by atoms with E-state index in [2.05, 4.69) is 22.4 Å². The second-order valence-electron chi connectivity index (χ2n) is 6.11. The summed E-state index contributed by atoms with van der Waals surface area (Å²) in [6, 6.07) is 19.0. The molecule has 0 atom stereocenters. The van der Waals surface area contributed by atoms with Crippen LogP contribution in [0.1, 0.15) is 21.5 Å². The van der Waals surface area contributed by atoms with Gasteiger partial charge in [0.05, 0.1) is 29.1 Å². The van der Waals surface area contributed by atoms with Crippen molar-refractivity contribution in [3.05, 3.63) is 83.7 Å². The van der Waals surface area contributed by atoms with Crippen molar-refractivity contribution in [1.82, 2.24) is 4.98 Å². The lowest BCUT2D eigenvalue weighted by Gasteiger charge is -2.17. The van der Waals surface area contributed by atoms with Crippen molar-refractivity contribution in [3.63, 3.8) is 0 Å². The molecule has 0 bridgehead atoms. The van der Waals surface area contributed by atoms with Crippen LogP contribution in [0.4, 0.5) is 17.1 Å². The van der Waals surface area contributed by atoms with Gasteiger partial charge in [-0.15, -0.1) is 0 Å². The Morgan fingerprint density at radius 3 is 2.69 bits per heavy atom. The van der Waals surface area contributed by atoms with Crippen LogP contribution in [0.3, 0.4) is 0 Å². The Kier molecular flexibility index (Phi) is 4.08. The molecule has 1 aliphatic rings. The normalized spacial score (nSPS) is 12.3. The highest BCUT2D eigenvalue weighted by Crippen LogP contribution is 2.29. The monoisotopic (exact) mass is 340 g/mol. The lowest BCUT2D eigenvalue weighted by molar-refractivity contribution is 0.0989. The van der Waals surface area contributed by atoms with Crippen molar-refractivity contribution >= 4 is 23.0 Å². The van der Waals surface area contributed by atoms with Crippen LogP contribution in [0.25, 0.3) is 0 Å². The highest BCUT2D eigenvalue weighted by molar-refractivity contribution is 6.07. The van der Waals surface area contributed by atoms with E-state index in [1.807, 2.05) is 30.3 Å². The number of amides is 1. The number of hydrogen-bond donors (Lipinski definition) is 1. The Labute approximate surface area is 151 Å². The number of benzene rings is 2. The molecular weight excluding hydrogens is 324 g/mol. The molecule has 5 nitrogen and oxygen atoms in total. The van der Waals surface area contributed by atoms with Gasteiger partial charge in [-0.3, -0.25) is 9.78 Å². The minimum absolute atomic E-state index is 0.0501. The number of nitrogens with zero attached hydrogens (tertiary/aromatic N) is 3. The van der Waals surface area contributed by atoms with Crippen LogP contribution in [0.5, 0.6) is 0 Å². The molecule has 0 aliphatic carbocycles. The first kappa shape index (κ1) is 15.9. The molecule has 26 heavy (non-hydrogen) atoms. The third-order valence-corrected chi connectivity index (χ3v) is 4.42. The molecule has 126 valence electrons. The van der Waals surface area contributed by atoms with E-state index in [1.165, 1.54) is 5.56 Å². The Bertz CT molecular complexity index is 1010. The highest BCUT2D eigenvalue weighted by atomic mass is 16.2. The molecule has 1 N–H and O–H groups in total. The van der Waals surface area contributed by atoms with E-state index in [9.17, 15) is 4.79 Å². The van der Waals surface area contributed by atoms with Crippen molar-refractivity contribution in [2.45, 2.75) is 6.42 Å². The van der Waals surface area contributed by atoms with Crippen molar-refractivity contribution < 1.29 is 4.79 Å². The van der Waals surface area contributed by atoms with E-state index in [4.69, 9.17) is 5.26 Å². The van der Waals surface area contributed by atoms with Crippen LogP contribution in [-0.2, 0) is 6.42 Å². The quantitative estimate of drug-likeness (QED) is 0.785. The average Bonchev–Trinajstić information content (AvgIpc) is 3.12. The number of carbonyl (C=O) groups is 1. The molecular formula is C21H16N4O. The van der Waals surface area contributed by atoms with Gasteiger partial charge in [-0.2, -0.15) is 5.26 Å². The summed E-state index contributed by atoms with van der Waals surface area (Å²) in [5.41, 5.74) is 4.88. The van der Waals surface area contributed by atoms with Gasteiger partial charge < -0.3 is 10.2 Å². The summed E-state index contributed by atoms with van der Waals surface area (Å²) in [7, 11) is 0. The first-order valence-electron chi connectivity index (χ1n) is 8.36. The van der Waals surface area contributed by atoms with E-state index in [0.717, 1.165) is 23.5 Å². The predicted octanol–water partition coefficient (Wildman–Crippen LogP) is 3.90. The predicted molar refractivity (Wildman–Crippen MR) is 100 cm³/mol. The number of carbonyl (C=O) groups excluding carboxylic acids is 1. The fourth-order valence-corrected chi connectivity index (χ4v) is 3.13. The van der Waals surface area contributed by atoms with Crippen molar-refractivity contribution in [1.29, 1.82) is 5.26 Å². The molecule has 4 rings (SSSR count). The fourth-order valence-electron chi connectivity index (χ4n) is 3.13. The third kappa shape index (κ3) is 3.01. The Balaban J connectivity index is 1.56. The van der Waals surface area contributed by atoms with E-state index >= 15 is 0 Å². The van der Waals surface area contributed by atoms with Gasteiger partial charge in [0.2, 0.25) is 0 Å². The Morgan fingerprint density at radius 1 is 1.08 bits per heavy atom. The van der Waals surface area contributed by atoms with Gasteiger partial charge in [-0.05, 0) is 48.4 Å². The molecule has 1 amide bonds.